The number of rotatable bonds is 8. The van der Waals surface area contributed by atoms with Gasteiger partial charge in [-0.05, 0) is 61.1 Å². The molecule has 0 radical (unpaired) electrons. The van der Waals surface area contributed by atoms with E-state index in [2.05, 4.69) is 16.4 Å². The van der Waals surface area contributed by atoms with Gasteiger partial charge in [-0.25, -0.2) is 0 Å². The highest BCUT2D eigenvalue weighted by Crippen LogP contribution is 2.25. The second kappa shape index (κ2) is 8.62. The van der Waals surface area contributed by atoms with Crippen LogP contribution in [0.15, 0.2) is 42.6 Å². The van der Waals surface area contributed by atoms with Crippen LogP contribution < -0.4 is 10.1 Å². The number of carbonyl (C=O) groups is 1. The summed E-state index contributed by atoms with van der Waals surface area (Å²) in [7, 11) is 0. The fraction of sp³-hybridized carbons (Fsp3) is 0.400. The first-order valence-corrected chi connectivity index (χ1v) is 8.76. The number of fused-ring (bicyclic) bond motifs is 1. The van der Waals surface area contributed by atoms with E-state index in [1.54, 1.807) is 6.20 Å². The van der Waals surface area contributed by atoms with Gasteiger partial charge in [0.25, 0.3) is 5.91 Å². The fourth-order valence-corrected chi connectivity index (χ4v) is 3.11. The smallest absolute Gasteiger partial charge is 0.257 e. The lowest BCUT2D eigenvalue weighted by Crippen LogP contribution is -2.35. The minimum Gasteiger partial charge on any atom is -0.484 e. The summed E-state index contributed by atoms with van der Waals surface area (Å²) in [6.07, 6.45) is 5.77. The summed E-state index contributed by atoms with van der Waals surface area (Å²) in [6.45, 7) is 0.391. The minimum absolute atomic E-state index is 0.00251. The lowest BCUT2D eigenvalue weighted by Gasteiger charge is -2.15. The van der Waals surface area contributed by atoms with Crippen molar-refractivity contribution in [1.29, 1.82) is 0 Å². The number of amides is 1. The van der Waals surface area contributed by atoms with Gasteiger partial charge >= 0.3 is 0 Å². The maximum Gasteiger partial charge on any atom is 0.257 e. The zero-order valence-corrected chi connectivity index (χ0v) is 14.3. The second-order valence-electron chi connectivity index (χ2n) is 6.45. The predicted octanol–water partition coefficient (Wildman–Crippen LogP) is 1.92. The molecule has 2 N–H and O–H groups in total. The molecule has 1 atom stereocenters. The molecule has 0 bridgehead atoms. The number of hydrogen-bond acceptors (Lipinski definition) is 4. The molecular formula is C20H24N2O3. The third-order valence-electron chi connectivity index (χ3n) is 4.51. The number of ether oxygens (including phenoxy) is 1. The topological polar surface area (TPSA) is 71.5 Å². The molecule has 2 aromatic rings. The van der Waals surface area contributed by atoms with Gasteiger partial charge < -0.3 is 15.2 Å². The maximum atomic E-state index is 12.0. The zero-order valence-electron chi connectivity index (χ0n) is 14.3. The summed E-state index contributed by atoms with van der Waals surface area (Å²) < 4.78 is 5.59. The average molecular weight is 340 g/mol. The molecule has 132 valence electrons. The van der Waals surface area contributed by atoms with Crippen LogP contribution in [0, 0.1) is 5.92 Å². The van der Waals surface area contributed by atoms with Crippen molar-refractivity contribution >= 4 is 5.91 Å². The van der Waals surface area contributed by atoms with E-state index in [1.807, 2.05) is 30.3 Å². The number of aryl methyl sites for hydroxylation is 2. The molecule has 0 fully saturated rings. The van der Waals surface area contributed by atoms with E-state index in [9.17, 15) is 9.90 Å². The Bertz CT molecular complexity index is 703. The molecule has 1 aromatic heterocycles. The van der Waals surface area contributed by atoms with Crippen LogP contribution in [0.2, 0.25) is 0 Å². The second-order valence-corrected chi connectivity index (χ2v) is 6.45. The Kier molecular flexibility index (Phi) is 6.01. The number of nitrogens with one attached hydrogen (secondary N) is 1. The van der Waals surface area contributed by atoms with Crippen LogP contribution >= 0.6 is 0 Å². The number of carbonyl (C=O) groups excluding carboxylic acids is 1. The van der Waals surface area contributed by atoms with E-state index in [1.165, 1.54) is 17.5 Å². The van der Waals surface area contributed by atoms with E-state index in [-0.39, 0.29) is 25.0 Å². The Hall–Kier alpha value is -2.40. The maximum absolute atomic E-state index is 12.0. The molecule has 1 amide bonds. The normalized spacial score (nSPS) is 14.0. The molecule has 1 aliphatic carbocycles. The van der Waals surface area contributed by atoms with Crippen LogP contribution in [0.25, 0.3) is 0 Å². The van der Waals surface area contributed by atoms with E-state index in [0.717, 1.165) is 24.3 Å². The molecule has 5 heteroatoms. The Balaban J connectivity index is 1.42. The monoisotopic (exact) mass is 340 g/mol. The number of benzene rings is 1. The predicted molar refractivity (Wildman–Crippen MR) is 95.5 cm³/mol. The van der Waals surface area contributed by atoms with Gasteiger partial charge in [-0.1, -0.05) is 12.1 Å². The lowest BCUT2D eigenvalue weighted by atomic mass is 10.0. The highest BCUT2D eigenvalue weighted by molar-refractivity contribution is 5.77. The fourth-order valence-electron chi connectivity index (χ4n) is 3.11. The Morgan fingerprint density at radius 2 is 2.12 bits per heavy atom. The molecule has 0 saturated carbocycles. The van der Waals surface area contributed by atoms with Crippen LogP contribution in [0.1, 0.15) is 23.2 Å². The van der Waals surface area contributed by atoms with Gasteiger partial charge in [0.05, 0.1) is 0 Å². The van der Waals surface area contributed by atoms with Crippen molar-refractivity contribution in [3.8, 4) is 5.75 Å². The quantitative estimate of drug-likeness (QED) is 0.770. The van der Waals surface area contributed by atoms with Crippen molar-refractivity contribution in [2.24, 2.45) is 5.92 Å². The number of aliphatic hydroxyl groups excluding tert-OH is 1. The van der Waals surface area contributed by atoms with Gasteiger partial charge in [-0.15, -0.1) is 0 Å². The van der Waals surface area contributed by atoms with Crippen molar-refractivity contribution in [2.45, 2.75) is 25.7 Å². The lowest BCUT2D eigenvalue weighted by molar-refractivity contribution is -0.123. The first kappa shape index (κ1) is 17.4. The summed E-state index contributed by atoms with van der Waals surface area (Å²) in [5.74, 6) is 0.502. The summed E-state index contributed by atoms with van der Waals surface area (Å²) >= 11 is 0. The highest BCUT2D eigenvalue weighted by atomic mass is 16.5. The van der Waals surface area contributed by atoms with Gasteiger partial charge in [-0.2, -0.15) is 0 Å². The first-order valence-electron chi connectivity index (χ1n) is 8.76. The minimum atomic E-state index is -0.181. The molecule has 25 heavy (non-hydrogen) atoms. The largest absolute Gasteiger partial charge is 0.484 e. The van der Waals surface area contributed by atoms with Crippen LogP contribution in [0.5, 0.6) is 5.75 Å². The average Bonchev–Trinajstić information content (AvgIpc) is 3.12. The molecular weight excluding hydrogens is 316 g/mol. The third kappa shape index (κ3) is 5.03. The first-order chi connectivity index (χ1) is 12.2. The summed E-state index contributed by atoms with van der Waals surface area (Å²) in [4.78, 5) is 16.2. The van der Waals surface area contributed by atoms with E-state index >= 15 is 0 Å². The highest BCUT2D eigenvalue weighted by Gasteiger charge is 2.13. The number of aromatic nitrogens is 1. The standard InChI is InChI=1S/C20H24N2O3/c23-13-15(10-18-6-1-2-9-21-18)12-22-20(24)14-25-19-8-7-16-4-3-5-17(16)11-19/h1-2,6-9,11,15,23H,3-5,10,12-14H2,(H,22,24). The van der Waals surface area contributed by atoms with Gasteiger partial charge in [0.2, 0.25) is 0 Å². The van der Waals surface area contributed by atoms with Gasteiger partial charge in [0.1, 0.15) is 5.75 Å². The number of aliphatic hydroxyl groups is 1. The van der Waals surface area contributed by atoms with Gasteiger partial charge in [0, 0.05) is 31.0 Å². The van der Waals surface area contributed by atoms with Gasteiger partial charge in [-0.3, -0.25) is 9.78 Å². The molecule has 0 spiro atoms. The van der Waals surface area contributed by atoms with Crippen molar-refractivity contribution < 1.29 is 14.6 Å². The molecule has 0 saturated heterocycles. The summed E-state index contributed by atoms with van der Waals surface area (Å²) in [6, 6.07) is 11.7. The Morgan fingerprint density at radius 1 is 1.24 bits per heavy atom. The molecule has 1 unspecified atom stereocenters. The van der Waals surface area contributed by atoms with E-state index < -0.39 is 0 Å². The van der Waals surface area contributed by atoms with E-state index in [4.69, 9.17) is 4.74 Å². The van der Waals surface area contributed by atoms with Crippen LogP contribution in [-0.4, -0.2) is 35.8 Å². The molecule has 1 aliphatic rings. The van der Waals surface area contributed by atoms with E-state index in [0.29, 0.717) is 13.0 Å². The Labute approximate surface area is 148 Å². The Morgan fingerprint density at radius 3 is 2.92 bits per heavy atom. The zero-order chi connectivity index (χ0) is 17.5. The number of nitrogens with zero attached hydrogens (tertiary/aromatic N) is 1. The van der Waals surface area contributed by atoms with Gasteiger partial charge in [0.15, 0.2) is 6.61 Å². The van der Waals surface area contributed by atoms with Crippen LogP contribution in [-0.2, 0) is 24.1 Å². The molecule has 0 aliphatic heterocycles. The summed E-state index contributed by atoms with van der Waals surface area (Å²) in [5.41, 5.74) is 3.62. The third-order valence-corrected chi connectivity index (χ3v) is 4.51. The van der Waals surface area contributed by atoms with Crippen molar-refractivity contribution in [3.05, 3.63) is 59.4 Å². The van der Waals surface area contributed by atoms with Crippen LogP contribution in [0.4, 0.5) is 0 Å². The van der Waals surface area contributed by atoms with Crippen molar-refractivity contribution in [3.63, 3.8) is 0 Å². The molecule has 3 rings (SSSR count). The molecule has 1 heterocycles. The van der Waals surface area contributed by atoms with Crippen molar-refractivity contribution in [1.82, 2.24) is 10.3 Å². The molecule has 1 aromatic carbocycles. The van der Waals surface area contributed by atoms with Crippen molar-refractivity contribution in [2.75, 3.05) is 19.8 Å². The number of hydrogen-bond donors (Lipinski definition) is 2. The van der Waals surface area contributed by atoms with Crippen LogP contribution in [0.3, 0.4) is 0 Å². The molecule has 5 nitrogen and oxygen atoms in total. The number of pyridine rings is 1. The summed E-state index contributed by atoms with van der Waals surface area (Å²) in [5, 5.41) is 12.3. The SMILES string of the molecule is O=C(COc1ccc2c(c1)CCC2)NCC(CO)Cc1ccccn1.